The maximum atomic E-state index is 12.6. The largest absolute Gasteiger partial charge is 0.507 e. The van der Waals surface area contributed by atoms with E-state index >= 15 is 0 Å². The molecular weight excluding hydrogens is 183 g/mol. The highest BCUT2D eigenvalue weighted by molar-refractivity contribution is 6.30. The quantitative estimate of drug-likeness (QED) is 0.713. The molecule has 0 amide bonds. The molecule has 1 rings (SSSR count). The van der Waals surface area contributed by atoms with Gasteiger partial charge in [0.25, 0.3) is 0 Å². The lowest BCUT2D eigenvalue weighted by molar-refractivity contribution is 0.195. The fourth-order valence-electron chi connectivity index (χ4n) is 0.886. The van der Waals surface area contributed by atoms with Crippen LogP contribution in [0.4, 0.5) is 4.39 Å². The van der Waals surface area contributed by atoms with Crippen molar-refractivity contribution in [2.75, 3.05) is 0 Å². The number of benzene rings is 1. The number of hydrogen-bond donors (Lipinski definition) is 2. The van der Waals surface area contributed by atoms with Gasteiger partial charge in [0.15, 0.2) is 0 Å². The minimum absolute atomic E-state index is 0.108. The fourth-order valence-corrected chi connectivity index (χ4v) is 1.06. The lowest BCUT2D eigenvalue weighted by Crippen LogP contribution is -1.92. The Labute approximate surface area is 74.2 Å². The first-order valence-corrected chi connectivity index (χ1v) is 3.76. The number of hydrogen-bond acceptors (Lipinski definition) is 2. The first-order valence-electron chi connectivity index (χ1n) is 3.38. The van der Waals surface area contributed by atoms with E-state index in [-0.39, 0.29) is 16.3 Å². The summed E-state index contributed by atoms with van der Waals surface area (Å²) < 4.78 is 12.6. The van der Waals surface area contributed by atoms with E-state index in [0.717, 1.165) is 6.07 Å². The van der Waals surface area contributed by atoms with Crippen LogP contribution in [0.2, 0.25) is 5.02 Å². The molecule has 1 aromatic carbocycles. The van der Waals surface area contributed by atoms with Gasteiger partial charge < -0.3 is 10.2 Å². The molecule has 0 fully saturated rings. The third-order valence-corrected chi connectivity index (χ3v) is 1.81. The minimum atomic E-state index is -0.858. The van der Waals surface area contributed by atoms with Crippen LogP contribution in [0.25, 0.3) is 0 Å². The van der Waals surface area contributed by atoms with E-state index in [1.165, 1.54) is 13.0 Å². The van der Waals surface area contributed by atoms with Crippen LogP contribution in [-0.2, 0) is 0 Å². The van der Waals surface area contributed by atoms with Gasteiger partial charge >= 0.3 is 0 Å². The molecule has 2 N–H and O–H groups in total. The van der Waals surface area contributed by atoms with Crippen LogP contribution in [0.15, 0.2) is 12.1 Å². The summed E-state index contributed by atoms with van der Waals surface area (Å²) >= 11 is 5.43. The Morgan fingerprint density at radius 3 is 2.58 bits per heavy atom. The van der Waals surface area contributed by atoms with Crippen LogP contribution >= 0.6 is 11.6 Å². The second-order valence-electron chi connectivity index (χ2n) is 2.50. The van der Waals surface area contributed by atoms with Crippen LogP contribution in [0.1, 0.15) is 18.6 Å². The molecule has 0 aliphatic heterocycles. The predicted octanol–water partition coefficient (Wildman–Crippen LogP) is 2.24. The highest BCUT2D eigenvalue weighted by atomic mass is 35.5. The molecule has 66 valence electrons. The van der Waals surface area contributed by atoms with Gasteiger partial charge in [0.2, 0.25) is 0 Å². The van der Waals surface area contributed by atoms with Crippen molar-refractivity contribution in [1.29, 1.82) is 0 Å². The molecule has 1 aromatic rings. The van der Waals surface area contributed by atoms with E-state index in [0.29, 0.717) is 0 Å². The highest BCUT2D eigenvalue weighted by Gasteiger charge is 2.11. The van der Waals surface area contributed by atoms with E-state index in [9.17, 15) is 4.39 Å². The van der Waals surface area contributed by atoms with E-state index < -0.39 is 11.9 Å². The number of aromatic hydroxyl groups is 1. The van der Waals surface area contributed by atoms with Gasteiger partial charge in [-0.15, -0.1) is 0 Å². The molecule has 12 heavy (non-hydrogen) atoms. The van der Waals surface area contributed by atoms with Crippen molar-refractivity contribution in [3.05, 3.63) is 28.5 Å². The highest BCUT2D eigenvalue weighted by Crippen LogP contribution is 2.29. The molecule has 0 saturated heterocycles. The maximum Gasteiger partial charge on any atom is 0.145 e. The van der Waals surface area contributed by atoms with Crippen LogP contribution in [-0.4, -0.2) is 10.2 Å². The number of aliphatic hydroxyl groups is 1. The summed E-state index contributed by atoms with van der Waals surface area (Å²) in [6.45, 7) is 1.46. The Kier molecular flexibility index (Phi) is 2.55. The summed E-state index contributed by atoms with van der Waals surface area (Å²) in [5, 5.41) is 18.1. The van der Waals surface area contributed by atoms with Gasteiger partial charge in [-0.05, 0) is 13.0 Å². The molecule has 0 aliphatic rings. The Bertz CT molecular complexity index is 299. The Morgan fingerprint density at radius 1 is 1.50 bits per heavy atom. The Balaban J connectivity index is 3.23. The van der Waals surface area contributed by atoms with Crippen molar-refractivity contribution in [2.45, 2.75) is 13.0 Å². The molecular formula is C8H8ClFO2. The van der Waals surface area contributed by atoms with Gasteiger partial charge in [0, 0.05) is 11.6 Å². The third-order valence-electron chi connectivity index (χ3n) is 1.52. The number of halogens is 2. The molecule has 1 unspecified atom stereocenters. The van der Waals surface area contributed by atoms with Crippen LogP contribution in [0.3, 0.4) is 0 Å². The van der Waals surface area contributed by atoms with E-state index in [2.05, 4.69) is 0 Å². The summed E-state index contributed by atoms with van der Waals surface area (Å²) in [6, 6.07) is 2.08. The van der Waals surface area contributed by atoms with Gasteiger partial charge in [0.1, 0.15) is 11.6 Å². The zero-order valence-corrected chi connectivity index (χ0v) is 7.14. The topological polar surface area (TPSA) is 40.5 Å². The van der Waals surface area contributed by atoms with Gasteiger partial charge in [0.05, 0.1) is 11.1 Å². The first-order chi connectivity index (χ1) is 5.52. The fraction of sp³-hybridized carbons (Fsp3) is 0.250. The monoisotopic (exact) mass is 190 g/mol. The van der Waals surface area contributed by atoms with Crippen LogP contribution < -0.4 is 0 Å². The van der Waals surface area contributed by atoms with Gasteiger partial charge in [-0.2, -0.15) is 0 Å². The molecule has 4 heteroatoms. The number of phenols is 1. The minimum Gasteiger partial charge on any atom is -0.507 e. The maximum absolute atomic E-state index is 12.6. The lowest BCUT2D eigenvalue weighted by atomic mass is 10.1. The van der Waals surface area contributed by atoms with Crippen molar-refractivity contribution in [3.63, 3.8) is 0 Å². The molecule has 0 heterocycles. The van der Waals surface area contributed by atoms with E-state index in [1.807, 2.05) is 0 Å². The number of rotatable bonds is 1. The second-order valence-corrected chi connectivity index (χ2v) is 2.91. The molecule has 0 radical (unpaired) electrons. The molecule has 1 atom stereocenters. The molecule has 2 nitrogen and oxygen atoms in total. The van der Waals surface area contributed by atoms with Crippen molar-refractivity contribution in [3.8, 4) is 5.75 Å². The molecule has 0 saturated carbocycles. The second kappa shape index (κ2) is 3.29. The summed E-state index contributed by atoms with van der Waals surface area (Å²) in [5.41, 5.74) is 0.224. The van der Waals surface area contributed by atoms with Crippen molar-refractivity contribution in [2.24, 2.45) is 0 Å². The van der Waals surface area contributed by atoms with Gasteiger partial charge in [-0.25, -0.2) is 4.39 Å². The average Bonchev–Trinajstić information content (AvgIpc) is 1.96. The van der Waals surface area contributed by atoms with Crippen LogP contribution in [0.5, 0.6) is 5.75 Å². The van der Waals surface area contributed by atoms with E-state index in [4.69, 9.17) is 21.8 Å². The molecule has 0 aliphatic carbocycles. The number of phenolic OH excluding ortho intramolecular Hbond substituents is 1. The van der Waals surface area contributed by atoms with Crippen molar-refractivity contribution >= 4 is 11.6 Å². The lowest BCUT2D eigenvalue weighted by Gasteiger charge is -2.07. The first kappa shape index (κ1) is 9.29. The summed E-state index contributed by atoms with van der Waals surface area (Å²) in [5.74, 6) is -0.981. The molecule has 0 bridgehead atoms. The predicted molar refractivity (Wildman–Crippen MR) is 43.7 cm³/mol. The third kappa shape index (κ3) is 1.68. The van der Waals surface area contributed by atoms with Gasteiger partial charge in [-0.1, -0.05) is 11.6 Å². The summed E-state index contributed by atoms with van der Waals surface area (Å²) in [7, 11) is 0. The van der Waals surface area contributed by atoms with Crippen molar-refractivity contribution in [1.82, 2.24) is 0 Å². The summed E-state index contributed by atoms with van der Waals surface area (Å²) in [6.07, 6.45) is -0.858. The SMILES string of the molecule is CC(O)c1cc(Cl)c(F)cc1O. The van der Waals surface area contributed by atoms with Crippen molar-refractivity contribution < 1.29 is 14.6 Å². The smallest absolute Gasteiger partial charge is 0.145 e. The molecule has 0 aromatic heterocycles. The average molecular weight is 191 g/mol. The normalized spacial score (nSPS) is 13.0. The molecule has 0 spiro atoms. The van der Waals surface area contributed by atoms with Crippen LogP contribution in [0, 0.1) is 5.82 Å². The number of aliphatic hydroxyl groups excluding tert-OH is 1. The zero-order valence-electron chi connectivity index (χ0n) is 6.38. The summed E-state index contributed by atoms with van der Waals surface area (Å²) in [4.78, 5) is 0. The van der Waals surface area contributed by atoms with E-state index in [1.54, 1.807) is 0 Å². The zero-order chi connectivity index (χ0) is 9.30. The van der Waals surface area contributed by atoms with Gasteiger partial charge in [-0.3, -0.25) is 0 Å². The Hall–Kier alpha value is -0.800. The Morgan fingerprint density at radius 2 is 2.08 bits per heavy atom. The standard InChI is InChI=1S/C8H8ClFO2/c1-4(11)5-2-6(9)7(10)3-8(5)12/h2-4,11-12H,1H3.